The van der Waals surface area contributed by atoms with E-state index < -0.39 is 0 Å². The highest BCUT2D eigenvalue weighted by atomic mass is 15.0. The van der Waals surface area contributed by atoms with E-state index in [9.17, 15) is 0 Å². The van der Waals surface area contributed by atoms with E-state index in [4.69, 9.17) is 0 Å². The number of para-hydroxylation sites is 2. The molecule has 12 rings (SSSR count). The van der Waals surface area contributed by atoms with Crippen LogP contribution in [0.4, 0.5) is 0 Å². The molecule has 0 amide bonds. The van der Waals surface area contributed by atoms with Gasteiger partial charge in [0.1, 0.15) is 0 Å². The molecule has 0 saturated carbocycles. The van der Waals surface area contributed by atoms with Crippen LogP contribution in [0, 0.1) is 11.3 Å². The van der Waals surface area contributed by atoms with Crippen LogP contribution in [0.1, 0.15) is 117 Å². The molecular formula is C52H48N2. The normalized spacial score (nSPS) is 23.9. The Morgan fingerprint density at radius 1 is 0.611 bits per heavy atom. The van der Waals surface area contributed by atoms with E-state index >= 15 is 0 Å². The van der Waals surface area contributed by atoms with Gasteiger partial charge in [0, 0.05) is 44.9 Å². The molecule has 0 spiro atoms. The Kier molecular flexibility index (Phi) is 6.25. The van der Waals surface area contributed by atoms with Crippen LogP contribution in [0.5, 0.6) is 0 Å². The lowest BCUT2D eigenvalue weighted by molar-refractivity contribution is 0.332. The first kappa shape index (κ1) is 31.3. The van der Waals surface area contributed by atoms with Gasteiger partial charge in [0.25, 0.3) is 0 Å². The SMILES string of the molecule is CC1(C)C2=C(CCC(n3c4c(c5ccccc53)CCC=C4)=C2)c2c1ccc1c2C=CC2C1C1=C(C=C(n3c4c(c5ccccc53)CCC=C4)CC1)C2(C)C. The smallest absolute Gasteiger partial charge is 0.0534 e. The summed E-state index contributed by atoms with van der Waals surface area (Å²) < 4.78 is 5.22. The molecule has 0 N–H and O–H groups in total. The van der Waals surface area contributed by atoms with Gasteiger partial charge >= 0.3 is 0 Å². The first-order valence-corrected chi connectivity index (χ1v) is 20.6. The molecule has 3 aromatic carbocycles. The second-order valence-electron chi connectivity index (χ2n) is 18.1. The zero-order valence-electron chi connectivity index (χ0n) is 32.1. The van der Waals surface area contributed by atoms with Crippen LogP contribution in [-0.4, -0.2) is 9.13 Å². The van der Waals surface area contributed by atoms with Gasteiger partial charge in [0.2, 0.25) is 0 Å². The molecule has 2 unspecified atom stereocenters. The van der Waals surface area contributed by atoms with Crippen molar-refractivity contribution in [3.05, 3.63) is 153 Å². The summed E-state index contributed by atoms with van der Waals surface area (Å²) in [5, 5.41) is 2.86. The summed E-state index contributed by atoms with van der Waals surface area (Å²) in [7, 11) is 0. The first-order valence-electron chi connectivity index (χ1n) is 20.6. The maximum atomic E-state index is 2.63. The van der Waals surface area contributed by atoms with E-state index in [2.05, 4.69) is 146 Å². The van der Waals surface area contributed by atoms with Gasteiger partial charge in [-0.2, -0.15) is 0 Å². The lowest BCUT2D eigenvalue weighted by atomic mass is 9.68. The molecule has 0 bridgehead atoms. The summed E-state index contributed by atoms with van der Waals surface area (Å²) >= 11 is 0. The lowest BCUT2D eigenvalue weighted by Crippen LogP contribution is -2.25. The molecule has 54 heavy (non-hydrogen) atoms. The highest BCUT2D eigenvalue weighted by Crippen LogP contribution is 2.63. The van der Waals surface area contributed by atoms with Gasteiger partial charge in [-0.3, -0.25) is 0 Å². The minimum atomic E-state index is -0.0378. The average molecular weight is 701 g/mol. The monoisotopic (exact) mass is 700 g/mol. The number of allylic oxidation sites excluding steroid dienone is 11. The third-order valence-corrected chi connectivity index (χ3v) is 14.9. The molecule has 266 valence electrons. The van der Waals surface area contributed by atoms with Crippen molar-refractivity contribution < 1.29 is 0 Å². The lowest BCUT2D eigenvalue weighted by Gasteiger charge is -2.35. The number of aryl methyl sites for hydroxylation is 2. The number of nitrogens with zero attached hydrogens (tertiary/aromatic N) is 2. The summed E-state index contributed by atoms with van der Waals surface area (Å²) in [5.74, 6) is 0.918. The Hall–Kier alpha value is -5.08. The maximum absolute atomic E-state index is 2.63. The molecule has 7 aliphatic carbocycles. The molecule has 2 nitrogen and oxygen atoms in total. The Balaban J connectivity index is 0.987. The molecule has 0 saturated heterocycles. The second kappa shape index (κ2) is 10.8. The molecule has 2 aromatic heterocycles. The zero-order chi connectivity index (χ0) is 36.1. The molecule has 2 heterocycles. The number of hydrogen-bond acceptors (Lipinski definition) is 0. The van der Waals surface area contributed by atoms with Crippen LogP contribution in [0.2, 0.25) is 0 Å². The molecule has 0 radical (unpaired) electrons. The summed E-state index contributed by atoms with van der Waals surface area (Å²) in [4.78, 5) is 0. The van der Waals surface area contributed by atoms with Gasteiger partial charge in [0.15, 0.2) is 0 Å². The van der Waals surface area contributed by atoms with Gasteiger partial charge in [0.05, 0.1) is 11.0 Å². The minimum absolute atomic E-state index is 0.0378. The molecule has 2 atom stereocenters. The fraction of sp³-hybridized carbons (Fsp3) is 0.308. The van der Waals surface area contributed by atoms with Gasteiger partial charge in [-0.25, -0.2) is 0 Å². The number of benzene rings is 3. The summed E-state index contributed by atoms with van der Waals surface area (Å²) in [6.45, 7) is 10.00. The molecule has 5 aromatic rings. The highest BCUT2D eigenvalue weighted by molar-refractivity contribution is 5.96. The van der Waals surface area contributed by atoms with E-state index in [-0.39, 0.29) is 10.8 Å². The quantitative estimate of drug-likeness (QED) is 0.173. The van der Waals surface area contributed by atoms with Crippen LogP contribution in [0.25, 0.3) is 57.0 Å². The van der Waals surface area contributed by atoms with Crippen molar-refractivity contribution in [3.63, 3.8) is 0 Å². The summed E-state index contributed by atoms with van der Waals surface area (Å²) in [6, 6.07) is 23.3. The van der Waals surface area contributed by atoms with Crippen LogP contribution in [-0.2, 0) is 18.3 Å². The zero-order valence-corrected chi connectivity index (χ0v) is 32.1. The minimum Gasteiger partial charge on any atom is -0.313 e. The Morgan fingerprint density at radius 2 is 1.22 bits per heavy atom. The second-order valence-corrected chi connectivity index (χ2v) is 18.1. The Bertz CT molecular complexity index is 2770. The van der Waals surface area contributed by atoms with Crippen molar-refractivity contribution in [2.24, 2.45) is 11.3 Å². The number of hydrogen-bond donors (Lipinski definition) is 0. The van der Waals surface area contributed by atoms with Crippen LogP contribution < -0.4 is 0 Å². The molecular weight excluding hydrogens is 653 g/mol. The van der Waals surface area contributed by atoms with Crippen LogP contribution in [0.3, 0.4) is 0 Å². The predicted octanol–water partition coefficient (Wildman–Crippen LogP) is 13.3. The number of aromatic nitrogens is 2. The van der Waals surface area contributed by atoms with Gasteiger partial charge in [-0.15, -0.1) is 0 Å². The fourth-order valence-corrected chi connectivity index (χ4v) is 12.4. The summed E-state index contributed by atoms with van der Waals surface area (Å²) in [5.41, 5.74) is 24.1. The van der Waals surface area contributed by atoms with E-state index in [1.165, 1.54) is 72.4 Å². The standard InChI is InChI=1S/C52H48N2/c1-51(2)41-27-25-38-37(49(41)39-23-21-31(29-43(39)51)53-45-17-9-5-13-33(45)34-14-6-10-18-46(34)53)26-28-42-50(38)40-24-22-32(30-44(40)52(42,3)4)54-47-19-11-7-15-35(47)36-16-8-12-20-48(36)54/h5,7,9-13,15,17-20,25-30,41,49H,6,8,14,16,21-24H2,1-4H3. The van der Waals surface area contributed by atoms with Crippen molar-refractivity contribution >= 4 is 57.0 Å². The molecule has 0 aliphatic heterocycles. The molecule has 7 aliphatic rings. The van der Waals surface area contributed by atoms with Crippen molar-refractivity contribution in [2.45, 2.75) is 90.4 Å². The predicted molar refractivity (Wildman–Crippen MR) is 228 cm³/mol. The van der Waals surface area contributed by atoms with Crippen LogP contribution >= 0.6 is 0 Å². The van der Waals surface area contributed by atoms with E-state index in [1.807, 2.05) is 0 Å². The van der Waals surface area contributed by atoms with Gasteiger partial charge < -0.3 is 9.13 Å². The van der Waals surface area contributed by atoms with Crippen molar-refractivity contribution in [2.75, 3.05) is 0 Å². The highest BCUT2D eigenvalue weighted by Gasteiger charge is 2.50. The largest absolute Gasteiger partial charge is 0.313 e. The maximum Gasteiger partial charge on any atom is 0.0534 e. The molecule has 0 fully saturated rings. The van der Waals surface area contributed by atoms with E-state index in [1.54, 1.807) is 27.8 Å². The Labute approximate surface area is 319 Å². The van der Waals surface area contributed by atoms with Crippen LogP contribution in [0.15, 0.2) is 108 Å². The van der Waals surface area contributed by atoms with Crippen molar-refractivity contribution in [3.8, 4) is 0 Å². The average Bonchev–Trinajstić information content (AvgIpc) is 3.86. The van der Waals surface area contributed by atoms with Crippen molar-refractivity contribution in [1.82, 2.24) is 9.13 Å². The third-order valence-electron chi connectivity index (χ3n) is 14.9. The molecule has 2 heteroatoms. The van der Waals surface area contributed by atoms with E-state index in [0.29, 0.717) is 11.8 Å². The Morgan fingerprint density at radius 3 is 1.89 bits per heavy atom. The third kappa shape index (κ3) is 3.92. The van der Waals surface area contributed by atoms with Crippen molar-refractivity contribution in [1.29, 1.82) is 0 Å². The first-order chi connectivity index (χ1) is 26.3. The number of fused-ring (bicyclic) bond motifs is 13. The van der Waals surface area contributed by atoms with E-state index in [0.717, 1.165) is 51.4 Å². The fourth-order valence-electron chi connectivity index (χ4n) is 12.4. The van der Waals surface area contributed by atoms with Gasteiger partial charge in [-0.1, -0.05) is 106 Å². The summed E-state index contributed by atoms with van der Waals surface area (Å²) in [6.07, 6.45) is 28.8. The topological polar surface area (TPSA) is 9.86 Å². The van der Waals surface area contributed by atoms with Gasteiger partial charge in [-0.05, 0) is 149 Å². The number of rotatable bonds is 2.